The van der Waals surface area contributed by atoms with Gasteiger partial charge in [-0.2, -0.15) is 0 Å². The number of amides is 2. The Balaban J connectivity index is 1.21. The van der Waals surface area contributed by atoms with Crippen molar-refractivity contribution >= 4 is 31.5 Å². The van der Waals surface area contributed by atoms with Gasteiger partial charge in [0.15, 0.2) is 8.32 Å². The van der Waals surface area contributed by atoms with E-state index < -0.39 is 25.8 Å². The first-order chi connectivity index (χ1) is 22.9. The highest BCUT2D eigenvalue weighted by Crippen LogP contribution is 2.73. The standard InChI is InChI=1S/C37H55N7O3SSi/c1-24-30(48-23-40-24)26-13-11-25(12-14-26)16-39-32(45)28-15-27(47-49(9,10)35(5,6)7)17-43(28)33(46)31(34(2,3)4)44-18-29(41-42-44)37-19-36(20-37,21-37)22-38-8/h11-14,18,23,27-28,31,38H,15-17,19-22H2,1-10H3,(H,39,45)/t27-,28+,31-,36?,37?/m1/s1. The molecular formula is C37H55N7O3SSi. The summed E-state index contributed by atoms with van der Waals surface area (Å²) in [7, 11) is -0.146. The van der Waals surface area contributed by atoms with E-state index in [0.29, 0.717) is 24.9 Å². The van der Waals surface area contributed by atoms with Crippen LogP contribution in [-0.4, -0.2) is 77.3 Å². The predicted octanol–water partition coefficient (Wildman–Crippen LogP) is 6.25. The van der Waals surface area contributed by atoms with Crippen LogP contribution in [-0.2, 0) is 26.0 Å². The van der Waals surface area contributed by atoms with Gasteiger partial charge in [0.05, 0.1) is 27.9 Å². The van der Waals surface area contributed by atoms with E-state index in [1.807, 2.05) is 37.8 Å². The maximum Gasteiger partial charge on any atom is 0.248 e. The molecule has 266 valence electrons. The SMILES string of the molecule is CNCC12CC(c3cn([C@H](C(=O)N4C[C@H](O[Si](C)(C)C(C)(C)C)C[C@H]4C(=O)NCc4ccc(-c5scnc5C)cc4)C(C)(C)C)nn3)(C1)C2. The van der Waals surface area contributed by atoms with Crippen LogP contribution in [0.2, 0.25) is 18.1 Å². The number of nitrogens with zero attached hydrogens (tertiary/aromatic N) is 5. The molecule has 4 aliphatic rings. The lowest BCUT2D eigenvalue weighted by atomic mass is 9.34. The average molecular weight is 706 g/mol. The molecule has 0 radical (unpaired) electrons. The molecule has 2 aromatic heterocycles. The third kappa shape index (κ3) is 6.78. The number of hydrogen-bond acceptors (Lipinski definition) is 8. The Morgan fingerprint density at radius 1 is 1.10 bits per heavy atom. The Morgan fingerprint density at radius 3 is 2.35 bits per heavy atom. The lowest BCUT2D eigenvalue weighted by molar-refractivity contribution is -0.144. The molecule has 2 bridgehead atoms. The van der Waals surface area contributed by atoms with E-state index in [1.54, 1.807) is 20.9 Å². The second kappa shape index (κ2) is 12.7. The minimum absolute atomic E-state index is 0.00435. The molecule has 3 heterocycles. The van der Waals surface area contributed by atoms with Crippen LogP contribution < -0.4 is 10.6 Å². The summed E-state index contributed by atoms with van der Waals surface area (Å²) in [5, 5.41) is 15.7. The van der Waals surface area contributed by atoms with E-state index in [9.17, 15) is 9.59 Å². The van der Waals surface area contributed by atoms with Crippen LogP contribution in [0.1, 0.15) is 90.2 Å². The summed E-state index contributed by atoms with van der Waals surface area (Å²) in [5.41, 5.74) is 5.97. The van der Waals surface area contributed by atoms with Crippen molar-refractivity contribution in [2.45, 2.75) is 122 Å². The number of benzene rings is 1. The molecule has 1 saturated heterocycles. The first-order valence-corrected chi connectivity index (χ1v) is 21.5. The van der Waals surface area contributed by atoms with Gasteiger partial charge in [-0.15, -0.1) is 16.4 Å². The minimum Gasteiger partial charge on any atom is -0.412 e. The molecule has 7 rings (SSSR count). The fourth-order valence-electron chi connectivity index (χ4n) is 8.14. The van der Waals surface area contributed by atoms with Crippen LogP contribution in [0.4, 0.5) is 0 Å². The Morgan fingerprint density at radius 2 is 1.78 bits per heavy atom. The Labute approximate surface area is 296 Å². The summed E-state index contributed by atoms with van der Waals surface area (Å²) in [4.78, 5) is 36.1. The summed E-state index contributed by atoms with van der Waals surface area (Å²) in [5.74, 6) is -0.272. The number of thiazole rings is 1. The first kappa shape index (κ1) is 35.9. The van der Waals surface area contributed by atoms with Gasteiger partial charge in [-0.1, -0.05) is 71.0 Å². The zero-order valence-electron chi connectivity index (χ0n) is 31.0. The topological polar surface area (TPSA) is 114 Å². The Bertz CT molecular complexity index is 1670. The second-order valence-corrected chi connectivity index (χ2v) is 23.2. The van der Waals surface area contributed by atoms with Crippen molar-refractivity contribution in [2.24, 2.45) is 10.8 Å². The van der Waals surface area contributed by atoms with E-state index >= 15 is 0 Å². The molecule has 1 aromatic carbocycles. The van der Waals surface area contributed by atoms with Crippen LogP contribution in [0.15, 0.2) is 36.0 Å². The highest BCUT2D eigenvalue weighted by atomic mass is 32.1. The monoisotopic (exact) mass is 705 g/mol. The van der Waals surface area contributed by atoms with E-state index in [-0.39, 0.29) is 28.4 Å². The highest BCUT2D eigenvalue weighted by Gasteiger charge is 2.69. The molecule has 49 heavy (non-hydrogen) atoms. The van der Waals surface area contributed by atoms with Crippen LogP contribution in [0.25, 0.3) is 10.4 Å². The molecule has 3 aliphatic carbocycles. The fourth-order valence-corrected chi connectivity index (χ4v) is 10.3. The maximum atomic E-state index is 14.8. The number of nitrogens with one attached hydrogen (secondary N) is 2. The van der Waals surface area contributed by atoms with Gasteiger partial charge in [0, 0.05) is 37.7 Å². The van der Waals surface area contributed by atoms with Crippen LogP contribution >= 0.6 is 11.3 Å². The molecular weight excluding hydrogens is 651 g/mol. The molecule has 4 fully saturated rings. The van der Waals surface area contributed by atoms with E-state index in [4.69, 9.17) is 4.43 Å². The van der Waals surface area contributed by atoms with Gasteiger partial charge in [-0.3, -0.25) is 9.59 Å². The molecule has 1 aliphatic heterocycles. The van der Waals surface area contributed by atoms with Crippen LogP contribution in [0.5, 0.6) is 0 Å². The van der Waals surface area contributed by atoms with Gasteiger partial charge < -0.3 is 20.0 Å². The number of aromatic nitrogens is 4. The number of carbonyl (C=O) groups is 2. The molecule has 0 spiro atoms. The molecule has 10 nitrogen and oxygen atoms in total. The molecule has 2 amide bonds. The van der Waals surface area contributed by atoms with Crippen molar-refractivity contribution in [1.82, 2.24) is 35.5 Å². The number of rotatable bonds is 11. The highest BCUT2D eigenvalue weighted by molar-refractivity contribution is 7.13. The first-order valence-electron chi connectivity index (χ1n) is 17.7. The molecule has 0 unspecified atom stereocenters. The zero-order valence-corrected chi connectivity index (χ0v) is 32.8. The quantitative estimate of drug-likeness (QED) is 0.227. The van der Waals surface area contributed by atoms with Gasteiger partial charge >= 0.3 is 0 Å². The molecule has 3 atom stereocenters. The zero-order chi connectivity index (χ0) is 35.6. The molecule has 3 aromatic rings. The van der Waals surface area contributed by atoms with E-state index in [0.717, 1.165) is 53.2 Å². The van der Waals surface area contributed by atoms with E-state index in [1.165, 1.54) is 0 Å². The minimum atomic E-state index is -2.16. The lowest BCUT2D eigenvalue weighted by Gasteiger charge is -2.70. The van der Waals surface area contributed by atoms with Crippen molar-refractivity contribution in [3.05, 3.63) is 52.9 Å². The Hall–Kier alpha value is -2.93. The average Bonchev–Trinajstić information content (AvgIpc) is 3.72. The third-order valence-electron chi connectivity index (χ3n) is 11.6. The van der Waals surface area contributed by atoms with Crippen molar-refractivity contribution in [3.63, 3.8) is 0 Å². The van der Waals surface area contributed by atoms with Gasteiger partial charge in [-0.05, 0) is 73.3 Å². The van der Waals surface area contributed by atoms with Crippen LogP contribution in [0.3, 0.4) is 0 Å². The number of hydrogen-bond donors (Lipinski definition) is 2. The number of likely N-dealkylation sites (tertiary alicyclic amines) is 1. The van der Waals surface area contributed by atoms with E-state index in [2.05, 4.69) is 92.7 Å². The predicted molar refractivity (Wildman–Crippen MR) is 197 cm³/mol. The van der Waals surface area contributed by atoms with Gasteiger partial charge in [0.25, 0.3) is 0 Å². The largest absolute Gasteiger partial charge is 0.412 e. The van der Waals surface area contributed by atoms with Crippen molar-refractivity contribution in [2.75, 3.05) is 20.1 Å². The number of aryl methyl sites for hydroxylation is 1. The second-order valence-electron chi connectivity index (χ2n) is 17.6. The summed E-state index contributed by atoms with van der Waals surface area (Å²) < 4.78 is 8.61. The fraction of sp³-hybridized carbons (Fsp3) is 0.649. The van der Waals surface area contributed by atoms with Gasteiger partial charge in [0.1, 0.15) is 12.1 Å². The summed E-state index contributed by atoms with van der Waals surface area (Å²) in [6.07, 6.45) is 5.58. The molecule has 3 saturated carbocycles. The normalized spacial score (nSPS) is 25.9. The lowest BCUT2D eigenvalue weighted by Crippen LogP contribution is -2.67. The van der Waals surface area contributed by atoms with Gasteiger partial charge in [0.2, 0.25) is 11.8 Å². The smallest absolute Gasteiger partial charge is 0.248 e. The maximum absolute atomic E-state index is 14.8. The third-order valence-corrected chi connectivity index (χ3v) is 17.1. The van der Waals surface area contributed by atoms with Crippen molar-refractivity contribution < 1.29 is 14.0 Å². The number of carbonyl (C=O) groups excluding carboxylic acids is 2. The van der Waals surface area contributed by atoms with Gasteiger partial charge in [-0.25, -0.2) is 9.67 Å². The van der Waals surface area contributed by atoms with Crippen LogP contribution in [0, 0.1) is 17.8 Å². The molecule has 12 heteroatoms. The summed E-state index contributed by atoms with van der Waals surface area (Å²) in [6.45, 7) is 21.1. The van der Waals surface area contributed by atoms with Crippen molar-refractivity contribution in [3.8, 4) is 10.4 Å². The summed E-state index contributed by atoms with van der Waals surface area (Å²) >= 11 is 1.62. The summed E-state index contributed by atoms with van der Waals surface area (Å²) in [6, 6.07) is 6.97. The Kier molecular flexibility index (Phi) is 9.29. The van der Waals surface area contributed by atoms with Crippen molar-refractivity contribution in [1.29, 1.82) is 0 Å². The molecule has 2 N–H and O–H groups in total.